The third-order valence-electron chi connectivity index (χ3n) is 5.63. The smallest absolute Gasteiger partial charge is 0.123 e. The van der Waals surface area contributed by atoms with Gasteiger partial charge >= 0.3 is 0 Å². The largest absolute Gasteiger partial charge is 0.496 e. The Kier molecular flexibility index (Phi) is 6.23. The Hall–Kier alpha value is -2.69. The Labute approximate surface area is 171 Å². The van der Waals surface area contributed by atoms with Crippen molar-refractivity contribution in [1.82, 2.24) is 10.6 Å². The summed E-state index contributed by atoms with van der Waals surface area (Å²) in [6.07, 6.45) is 2.29. The van der Waals surface area contributed by atoms with Crippen molar-refractivity contribution in [1.29, 1.82) is 0 Å². The quantitative estimate of drug-likeness (QED) is 0.615. The molecule has 2 N–H and O–H groups in total. The predicted octanol–water partition coefficient (Wildman–Crippen LogP) is 5.08. The number of nitrogens with one attached hydrogen (secondary N) is 2. The van der Waals surface area contributed by atoms with Crippen molar-refractivity contribution in [3.63, 3.8) is 0 Å². The van der Waals surface area contributed by atoms with E-state index in [2.05, 4.69) is 47.0 Å². The summed E-state index contributed by atoms with van der Waals surface area (Å²) in [5.74, 6) is 0.643. The van der Waals surface area contributed by atoms with Gasteiger partial charge in [0.2, 0.25) is 0 Å². The minimum atomic E-state index is -0.221. The number of hydrogen-bond donors (Lipinski definition) is 2. The Morgan fingerprint density at radius 1 is 1.00 bits per heavy atom. The first-order chi connectivity index (χ1) is 14.2. The fourth-order valence-electron chi connectivity index (χ4n) is 4.10. The normalized spacial score (nSPS) is 19.1. The molecule has 3 nitrogen and oxygen atoms in total. The number of hydrogen-bond acceptors (Lipinski definition) is 3. The highest BCUT2D eigenvalue weighted by atomic mass is 19.1. The van der Waals surface area contributed by atoms with Gasteiger partial charge in [-0.3, -0.25) is 0 Å². The molecule has 1 saturated heterocycles. The fraction of sp³-hybridized carbons (Fsp3) is 0.280. The highest BCUT2D eigenvalue weighted by Gasteiger charge is 2.25. The van der Waals surface area contributed by atoms with E-state index in [1.165, 1.54) is 17.7 Å². The van der Waals surface area contributed by atoms with Gasteiger partial charge in [0, 0.05) is 24.2 Å². The first-order valence-corrected chi connectivity index (χ1v) is 10.2. The van der Waals surface area contributed by atoms with Crippen molar-refractivity contribution >= 4 is 0 Å². The maximum Gasteiger partial charge on any atom is 0.123 e. The van der Waals surface area contributed by atoms with Crippen LogP contribution in [0.5, 0.6) is 5.75 Å². The summed E-state index contributed by atoms with van der Waals surface area (Å²) in [6.45, 7) is 1.76. The minimum Gasteiger partial charge on any atom is -0.496 e. The SMILES string of the molecule is COc1ccc(-c2ccc(F)cc2)cc1CN[C@H]1CCCN[C@@H]1c1ccccc1. The third-order valence-corrected chi connectivity index (χ3v) is 5.63. The van der Waals surface area contributed by atoms with Gasteiger partial charge < -0.3 is 15.4 Å². The van der Waals surface area contributed by atoms with Gasteiger partial charge in [-0.2, -0.15) is 0 Å². The third kappa shape index (κ3) is 4.66. The second-order valence-electron chi connectivity index (χ2n) is 7.51. The molecule has 3 aromatic rings. The van der Waals surface area contributed by atoms with E-state index < -0.39 is 0 Å². The number of piperidine rings is 1. The molecule has 0 saturated carbocycles. The second-order valence-corrected chi connectivity index (χ2v) is 7.51. The van der Waals surface area contributed by atoms with Crippen molar-refractivity contribution in [3.05, 3.63) is 89.7 Å². The molecule has 1 fully saturated rings. The lowest BCUT2D eigenvalue weighted by atomic mass is 9.92. The van der Waals surface area contributed by atoms with E-state index in [1.807, 2.05) is 24.3 Å². The van der Waals surface area contributed by atoms with Crippen molar-refractivity contribution < 1.29 is 9.13 Å². The van der Waals surface area contributed by atoms with Gasteiger partial charge in [-0.15, -0.1) is 0 Å². The molecule has 29 heavy (non-hydrogen) atoms. The first-order valence-electron chi connectivity index (χ1n) is 10.2. The average molecular weight is 391 g/mol. The van der Waals surface area contributed by atoms with Gasteiger partial charge in [-0.05, 0) is 60.3 Å². The summed E-state index contributed by atoms with van der Waals surface area (Å²) in [5, 5.41) is 7.41. The zero-order valence-electron chi connectivity index (χ0n) is 16.7. The number of methoxy groups -OCH3 is 1. The van der Waals surface area contributed by atoms with Crippen LogP contribution < -0.4 is 15.4 Å². The van der Waals surface area contributed by atoms with E-state index in [-0.39, 0.29) is 5.82 Å². The Morgan fingerprint density at radius 2 is 1.76 bits per heavy atom. The van der Waals surface area contributed by atoms with E-state index in [1.54, 1.807) is 7.11 Å². The van der Waals surface area contributed by atoms with Gasteiger partial charge in [0.25, 0.3) is 0 Å². The van der Waals surface area contributed by atoms with Crippen LogP contribution in [0.3, 0.4) is 0 Å². The molecule has 150 valence electrons. The molecule has 4 heteroatoms. The molecule has 0 spiro atoms. The lowest BCUT2D eigenvalue weighted by Gasteiger charge is -2.34. The summed E-state index contributed by atoms with van der Waals surface area (Å²) >= 11 is 0. The fourth-order valence-corrected chi connectivity index (χ4v) is 4.10. The van der Waals surface area contributed by atoms with Crippen LogP contribution in [0.2, 0.25) is 0 Å². The standard InChI is InChI=1S/C25H27FN2O/c1-29-24-14-11-20(18-9-12-22(26)13-10-18)16-21(24)17-28-23-8-5-15-27-25(23)19-6-3-2-4-7-19/h2-4,6-7,9-14,16,23,25,27-28H,5,8,15,17H2,1H3/t23-,25+/m0/s1. The molecule has 1 aliphatic rings. The van der Waals surface area contributed by atoms with Crippen molar-refractivity contribution in [2.45, 2.75) is 31.5 Å². The van der Waals surface area contributed by atoms with E-state index in [0.29, 0.717) is 18.6 Å². The van der Waals surface area contributed by atoms with Gasteiger partial charge in [-0.25, -0.2) is 4.39 Å². The first kappa shape index (κ1) is 19.6. The van der Waals surface area contributed by atoms with E-state index in [4.69, 9.17) is 4.74 Å². The molecule has 1 heterocycles. The summed E-state index contributed by atoms with van der Waals surface area (Å²) in [7, 11) is 1.70. The molecule has 0 unspecified atom stereocenters. The lowest BCUT2D eigenvalue weighted by molar-refractivity contribution is 0.303. The van der Waals surface area contributed by atoms with Crippen molar-refractivity contribution in [2.75, 3.05) is 13.7 Å². The Balaban J connectivity index is 1.53. The Morgan fingerprint density at radius 3 is 2.52 bits per heavy atom. The monoisotopic (exact) mass is 390 g/mol. The van der Waals surface area contributed by atoms with Crippen LogP contribution in [0, 0.1) is 5.82 Å². The number of ether oxygens (including phenoxy) is 1. The van der Waals surface area contributed by atoms with E-state index >= 15 is 0 Å². The number of halogens is 1. The zero-order valence-corrected chi connectivity index (χ0v) is 16.7. The van der Waals surface area contributed by atoms with Gasteiger partial charge in [0.1, 0.15) is 11.6 Å². The summed E-state index contributed by atoms with van der Waals surface area (Å²) in [6, 6.07) is 24.0. The van der Waals surface area contributed by atoms with Crippen LogP contribution in [-0.2, 0) is 6.54 Å². The van der Waals surface area contributed by atoms with Gasteiger partial charge in [0.05, 0.1) is 7.11 Å². The van der Waals surface area contributed by atoms with Crippen LogP contribution in [0.4, 0.5) is 4.39 Å². The second kappa shape index (κ2) is 9.21. The number of benzene rings is 3. The zero-order chi connectivity index (χ0) is 20.1. The van der Waals surface area contributed by atoms with Crippen LogP contribution in [0.15, 0.2) is 72.8 Å². The molecular formula is C25H27FN2O. The molecule has 2 atom stereocenters. The maximum absolute atomic E-state index is 13.3. The lowest BCUT2D eigenvalue weighted by Crippen LogP contribution is -2.45. The molecule has 4 rings (SSSR count). The highest BCUT2D eigenvalue weighted by molar-refractivity contribution is 5.65. The summed E-state index contributed by atoms with van der Waals surface area (Å²) in [5.41, 5.74) is 4.48. The summed E-state index contributed by atoms with van der Waals surface area (Å²) in [4.78, 5) is 0. The molecule has 0 aromatic heterocycles. The van der Waals surface area contributed by atoms with E-state index in [9.17, 15) is 4.39 Å². The molecular weight excluding hydrogens is 363 g/mol. The molecule has 0 bridgehead atoms. The topological polar surface area (TPSA) is 33.3 Å². The molecule has 0 aliphatic carbocycles. The molecule has 3 aromatic carbocycles. The van der Waals surface area contributed by atoms with Crippen LogP contribution in [0.25, 0.3) is 11.1 Å². The summed E-state index contributed by atoms with van der Waals surface area (Å²) < 4.78 is 18.9. The molecule has 1 aliphatic heterocycles. The minimum absolute atomic E-state index is 0.221. The van der Waals surface area contributed by atoms with Gasteiger partial charge in [0.15, 0.2) is 0 Å². The van der Waals surface area contributed by atoms with Crippen molar-refractivity contribution in [2.24, 2.45) is 0 Å². The van der Waals surface area contributed by atoms with Crippen LogP contribution in [-0.4, -0.2) is 19.7 Å². The van der Waals surface area contributed by atoms with Crippen molar-refractivity contribution in [3.8, 4) is 16.9 Å². The van der Waals surface area contributed by atoms with Crippen LogP contribution in [0.1, 0.15) is 30.0 Å². The number of rotatable bonds is 6. The van der Waals surface area contributed by atoms with Crippen LogP contribution >= 0.6 is 0 Å². The predicted molar refractivity (Wildman–Crippen MR) is 115 cm³/mol. The highest BCUT2D eigenvalue weighted by Crippen LogP contribution is 2.28. The average Bonchev–Trinajstić information content (AvgIpc) is 2.79. The molecule has 0 radical (unpaired) electrons. The maximum atomic E-state index is 13.3. The van der Waals surface area contributed by atoms with Gasteiger partial charge in [-0.1, -0.05) is 48.5 Å². The van der Waals surface area contributed by atoms with E-state index in [0.717, 1.165) is 41.8 Å². The molecule has 0 amide bonds. The Bertz CT molecular complexity index is 927.